The van der Waals surface area contributed by atoms with Crippen molar-refractivity contribution in [2.24, 2.45) is 0 Å². The number of nitrogens with zero attached hydrogens (tertiary/aromatic N) is 1. The summed E-state index contributed by atoms with van der Waals surface area (Å²) in [5.41, 5.74) is 3.43. The molecule has 1 aromatic carbocycles. The zero-order valence-corrected chi connectivity index (χ0v) is 16.1. The molecule has 0 unspecified atom stereocenters. The van der Waals surface area contributed by atoms with Gasteiger partial charge in [0.2, 0.25) is 0 Å². The molecule has 0 radical (unpaired) electrons. The molecule has 3 nitrogen and oxygen atoms in total. The summed E-state index contributed by atoms with van der Waals surface area (Å²) >= 11 is 7.21. The van der Waals surface area contributed by atoms with Crippen molar-refractivity contribution in [2.75, 3.05) is 0 Å². The highest BCUT2D eigenvalue weighted by Gasteiger charge is 2.20. The van der Waals surface area contributed by atoms with Gasteiger partial charge in [0.1, 0.15) is 4.83 Å². The summed E-state index contributed by atoms with van der Waals surface area (Å²) in [5.74, 6) is 0. The van der Waals surface area contributed by atoms with Crippen LogP contribution in [-0.2, 0) is 19.3 Å². The van der Waals surface area contributed by atoms with Crippen molar-refractivity contribution in [1.82, 2.24) is 9.55 Å². The van der Waals surface area contributed by atoms with E-state index < -0.39 is 0 Å². The van der Waals surface area contributed by atoms with E-state index in [2.05, 4.69) is 24.0 Å². The molecule has 25 heavy (non-hydrogen) atoms. The average Bonchev–Trinajstić information content (AvgIpc) is 2.99. The molecule has 0 saturated heterocycles. The van der Waals surface area contributed by atoms with Gasteiger partial charge in [-0.25, -0.2) is 0 Å². The number of benzene rings is 1. The number of unbranched alkanes of at least 4 members (excludes halogenated alkanes) is 1. The van der Waals surface area contributed by atoms with Crippen molar-refractivity contribution in [3.63, 3.8) is 0 Å². The molecule has 1 N–H and O–H groups in total. The topological polar surface area (TPSA) is 37.8 Å². The van der Waals surface area contributed by atoms with Gasteiger partial charge in [0, 0.05) is 4.88 Å². The summed E-state index contributed by atoms with van der Waals surface area (Å²) in [7, 11) is 0. The Labute approximate surface area is 156 Å². The molecule has 1 aliphatic rings. The second kappa shape index (κ2) is 6.89. The van der Waals surface area contributed by atoms with E-state index in [1.165, 1.54) is 41.7 Å². The van der Waals surface area contributed by atoms with E-state index in [1.807, 2.05) is 12.1 Å². The molecule has 0 spiro atoms. The zero-order valence-electron chi connectivity index (χ0n) is 14.4. The first kappa shape index (κ1) is 16.7. The number of aromatic amines is 1. The van der Waals surface area contributed by atoms with Gasteiger partial charge < -0.3 is 4.98 Å². The van der Waals surface area contributed by atoms with Crippen LogP contribution < -0.4 is 5.56 Å². The summed E-state index contributed by atoms with van der Waals surface area (Å²) in [6.45, 7) is 2.20. The largest absolute Gasteiger partial charge is 0.323 e. The minimum atomic E-state index is 0.0273. The highest BCUT2D eigenvalue weighted by molar-refractivity contribution is 7.71. The molecule has 0 bridgehead atoms. The second-order valence-corrected chi connectivity index (χ2v) is 8.25. The minimum absolute atomic E-state index is 0.0273. The molecule has 0 atom stereocenters. The van der Waals surface area contributed by atoms with Gasteiger partial charge in [-0.1, -0.05) is 25.5 Å². The smallest absolute Gasteiger partial charge is 0.267 e. The van der Waals surface area contributed by atoms with Crippen LogP contribution >= 0.6 is 23.6 Å². The van der Waals surface area contributed by atoms with Crippen molar-refractivity contribution in [2.45, 2.75) is 51.9 Å². The van der Waals surface area contributed by atoms with Crippen molar-refractivity contribution in [3.8, 4) is 5.69 Å². The Morgan fingerprint density at radius 3 is 2.72 bits per heavy atom. The number of hydrogen-bond donors (Lipinski definition) is 1. The normalized spacial score (nSPS) is 14.0. The van der Waals surface area contributed by atoms with Crippen LogP contribution in [0.2, 0.25) is 0 Å². The SMILES string of the molecule is CCCCc1ccc(-n2c(=S)[nH]c3sc4c(c3c2=O)CCCC4)cc1. The van der Waals surface area contributed by atoms with Crippen LogP contribution in [0.4, 0.5) is 0 Å². The van der Waals surface area contributed by atoms with Gasteiger partial charge in [-0.15, -0.1) is 11.3 Å². The van der Waals surface area contributed by atoms with Gasteiger partial charge in [-0.05, 0) is 74.0 Å². The molecule has 1 aliphatic carbocycles. The van der Waals surface area contributed by atoms with Crippen LogP contribution in [0, 0.1) is 4.77 Å². The first-order valence-corrected chi connectivity index (χ1v) is 10.3. The first-order valence-electron chi connectivity index (χ1n) is 9.08. The molecule has 130 valence electrons. The van der Waals surface area contributed by atoms with E-state index in [-0.39, 0.29) is 5.56 Å². The number of fused-ring (bicyclic) bond motifs is 3. The Bertz CT molecular complexity index is 1020. The number of nitrogens with one attached hydrogen (secondary N) is 1. The Kier molecular flexibility index (Phi) is 4.61. The van der Waals surface area contributed by atoms with Crippen molar-refractivity contribution in [3.05, 3.63) is 55.4 Å². The molecule has 3 aromatic rings. The van der Waals surface area contributed by atoms with Crippen molar-refractivity contribution >= 4 is 33.8 Å². The van der Waals surface area contributed by atoms with Gasteiger partial charge in [-0.2, -0.15) is 0 Å². The Morgan fingerprint density at radius 1 is 1.20 bits per heavy atom. The van der Waals surface area contributed by atoms with E-state index in [9.17, 15) is 4.79 Å². The van der Waals surface area contributed by atoms with Crippen LogP contribution in [0.3, 0.4) is 0 Å². The number of rotatable bonds is 4. The molecule has 0 fully saturated rings. The summed E-state index contributed by atoms with van der Waals surface area (Å²) in [6.07, 6.45) is 7.92. The van der Waals surface area contributed by atoms with Crippen molar-refractivity contribution in [1.29, 1.82) is 0 Å². The van der Waals surface area contributed by atoms with Gasteiger partial charge in [0.15, 0.2) is 4.77 Å². The lowest BCUT2D eigenvalue weighted by molar-refractivity contribution is 0.699. The molecule has 0 saturated carbocycles. The number of thiophene rings is 1. The van der Waals surface area contributed by atoms with Gasteiger partial charge in [-0.3, -0.25) is 9.36 Å². The summed E-state index contributed by atoms with van der Waals surface area (Å²) in [5, 5.41) is 0.850. The molecular formula is C20H22N2OS2. The molecule has 2 heterocycles. The van der Waals surface area contributed by atoms with Gasteiger partial charge in [0.25, 0.3) is 5.56 Å². The number of aromatic nitrogens is 2. The van der Waals surface area contributed by atoms with Gasteiger partial charge >= 0.3 is 0 Å². The Balaban J connectivity index is 1.84. The fraction of sp³-hybridized carbons (Fsp3) is 0.400. The lowest BCUT2D eigenvalue weighted by atomic mass is 9.97. The summed E-state index contributed by atoms with van der Waals surface area (Å²) in [4.78, 5) is 18.8. The number of aryl methyl sites for hydroxylation is 3. The van der Waals surface area contributed by atoms with Crippen molar-refractivity contribution < 1.29 is 0 Å². The molecule has 4 rings (SSSR count). The van der Waals surface area contributed by atoms with E-state index >= 15 is 0 Å². The minimum Gasteiger partial charge on any atom is -0.323 e. The fourth-order valence-corrected chi connectivity index (χ4v) is 5.30. The Hall–Kier alpha value is -1.72. The quantitative estimate of drug-likeness (QED) is 0.630. The van der Waals surface area contributed by atoms with Crippen LogP contribution in [-0.4, -0.2) is 9.55 Å². The van der Waals surface area contributed by atoms with E-state index in [0.717, 1.165) is 35.2 Å². The first-order chi connectivity index (χ1) is 12.2. The highest BCUT2D eigenvalue weighted by atomic mass is 32.1. The molecule has 2 aromatic heterocycles. The van der Waals surface area contributed by atoms with Crippen LogP contribution in [0.5, 0.6) is 0 Å². The lowest BCUT2D eigenvalue weighted by Crippen LogP contribution is -2.21. The maximum Gasteiger partial charge on any atom is 0.267 e. The third-order valence-corrected chi connectivity index (χ3v) is 6.52. The highest BCUT2D eigenvalue weighted by Crippen LogP contribution is 2.33. The summed E-state index contributed by atoms with van der Waals surface area (Å²) < 4.78 is 2.14. The predicted octanol–water partition coefficient (Wildman–Crippen LogP) is 5.33. The van der Waals surface area contributed by atoms with E-state index in [4.69, 9.17) is 12.2 Å². The molecular weight excluding hydrogens is 348 g/mol. The summed E-state index contributed by atoms with van der Waals surface area (Å²) in [6, 6.07) is 8.25. The number of hydrogen-bond acceptors (Lipinski definition) is 3. The third-order valence-electron chi connectivity index (χ3n) is 5.03. The standard InChI is InChI=1S/C20H22N2OS2/c1-2-3-6-13-9-11-14(12-10-13)22-19(23)17-15-7-4-5-8-16(15)25-18(17)21-20(22)24/h9-12H,2-8H2,1H3,(H,21,24). The van der Waals surface area contributed by atoms with Crippen LogP contribution in [0.25, 0.3) is 15.9 Å². The average molecular weight is 371 g/mol. The van der Waals surface area contributed by atoms with E-state index in [1.54, 1.807) is 15.9 Å². The van der Waals surface area contributed by atoms with E-state index in [0.29, 0.717) is 4.77 Å². The van der Waals surface area contributed by atoms with Crippen LogP contribution in [0.15, 0.2) is 29.1 Å². The predicted molar refractivity (Wildman–Crippen MR) is 108 cm³/mol. The third kappa shape index (κ3) is 3.00. The fourth-order valence-electron chi connectivity index (χ4n) is 3.66. The molecule has 0 amide bonds. The molecule has 5 heteroatoms. The zero-order chi connectivity index (χ0) is 17.4. The maximum atomic E-state index is 13.2. The molecule has 0 aliphatic heterocycles. The monoisotopic (exact) mass is 370 g/mol. The number of H-pyrrole nitrogens is 1. The van der Waals surface area contributed by atoms with Crippen LogP contribution in [0.1, 0.15) is 48.6 Å². The second-order valence-electron chi connectivity index (χ2n) is 6.76. The maximum absolute atomic E-state index is 13.2. The lowest BCUT2D eigenvalue weighted by Gasteiger charge is -2.11. The van der Waals surface area contributed by atoms with Gasteiger partial charge in [0.05, 0.1) is 11.1 Å². The Morgan fingerprint density at radius 2 is 1.96 bits per heavy atom.